The van der Waals surface area contributed by atoms with Crippen LogP contribution in [0.2, 0.25) is 0 Å². The van der Waals surface area contributed by atoms with Gasteiger partial charge in [0.25, 0.3) is 5.91 Å². The van der Waals surface area contributed by atoms with Crippen molar-refractivity contribution in [3.8, 4) is 11.1 Å². The Balaban J connectivity index is 1.48. The Kier molecular flexibility index (Phi) is 3.58. The van der Waals surface area contributed by atoms with Crippen molar-refractivity contribution < 1.29 is 19.4 Å². The van der Waals surface area contributed by atoms with Gasteiger partial charge in [0, 0.05) is 5.69 Å². The van der Waals surface area contributed by atoms with Crippen molar-refractivity contribution in [1.82, 2.24) is 0 Å². The second-order valence-corrected chi connectivity index (χ2v) is 6.22. The molecule has 5 nitrogen and oxygen atoms in total. The standard InChI is InChI=1S/C19H17NO4/c21-18(16-7-8-17(24-16)19(22)23)20-13-5-6-15-12(10-13)9-11-3-1-2-4-14(11)15/h1-6,10,16-17H,7-9H2,(H,20,21)(H,22,23)/t16-,17+/m0/s1. The van der Waals surface area contributed by atoms with E-state index in [4.69, 9.17) is 9.84 Å². The third-order valence-corrected chi connectivity index (χ3v) is 4.65. The summed E-state index contributed by atoms with van der Waals surface area (Å²) in [6.45, 7) is 0. The van der Waals surface area contributed by atoms with E-state index in [1.165, 1.54) is 22.3 Å². The number of hydrogen-bond acceptors (Lipinski definition) is 3. The summed E-state index contributed by atoms with van der Waals surface area (Å²) < 4.78 is 5.29. The highest BCUT2D eigenvalue weighted by atomic mass is 16.5. The maximum absolute atomic E-state index is 12.3. The molecule has 24 heavy (non-hydrogen) atoms. The molecule has 4 rings (SSSR count). The summed E-state index contributed by atoms with van der Waals surface area (Å²) in [6, 6.07) is 14.2. The number of carbonyl (C=O) groups excluding carboxylic acids is 1. The number of carboxylic acid groups (broad SMARTS) is 1. The molecule has 2 atom stereocenters. The fraction of sp³-hybridized carbons (Fsp3) is 0.263. The molecule has 0 spiro atoms. The van der Waals surface area contributed by atoms with Crippen molar-refractivity contribution in [3.05, 3.63) is 53.6 Å². The van der Waals surface area contributed by atoms with Crippen molar-refractivity contribution in [2.24, 2.45) is 0 Å². The first-order chi connectivity index (χ1) is 11.6. The molecular formula is C19H17NO4. The molecule has 1 saturated heterocycles. The summed E-state index contributed by atoms with van der Waals surface area (Å²) in [5.74, 6) is -1.30. The number of carbonyl (C=O) groups is 2. The molecule has 1 heterocycles. The lowest BCUT2D eigenvalue weighted by Gasteiger charge is -2.12. The molecule has 2 aromatic carbocycles. The summed E-state index contributed by atoms with van der Waals surface area (Å²) in [4.78, 5) is 23.2. The quantitative estimate of drug-likeness (QED) is 0.777. The third kappa shape index (κ3) is 2.57. The molecule has 2 aliphatic rings. The van der Waals surface area contributed by atoms with Gasteiger partial charge in [0.05, 0.1) is 0 Å². The maximum Gasteiger partial charge on any atom is 0.332 e. The Labute approximate surface area is 139 Å². The van der Waals surface area contributed by atoms with Crippen molar-refractivity contribution in [2.75, 3.05) is 5.32 Å². The molecule has 2 N–H and O–H groups in total. The van der Waals surface area contributed by atoms with Crippen LogP contribution < -0.4 is 5.32 Å². The topological polar surface area (TPSA) is 75.6 Å². The molecule has 0 unspecified atom stereocenters. The minimum Gasteiger partial charge on any atom is -0.479 e. The van der Waals surface area contributed by atoms with Crippen LogP contribution in [-0.2, 0) is 20.7 Å². The molecule has 1 fully saturated rings. The molecule has 0 radical (unpaired) electrons. The minimum absolute atomic E-state index is 0.283. The van der Waals surface area contributed by atoms with Crippen LogP contribution in [0, 0.1) is 0 Å². The highest BCUT2D eigenvalue weighted by molar-refractivity contribution is 5.95. The van der Waals surface area contributed by atoms with Gasteiger partial charge in [0.2, 0.25) is 0 Å². The van der Waals surface area contributed by atoms with Crippen LogP contribution in [0.5, 0.6) is 0 Å². The number of aliphatic carboxylic acids is 1. The largest absolute Gasteiger partial charge is 0.479 e. The zero-order chi connectivity index (χ0) is 16.7. The van der Waals surface area contributed by atoms with Gasteiger partial charge in [-0.15, -0.1) is 0 Å². The zero-order valence-electron chi connectivity index (χ0n) is 13.0. The maximum atomic E-state index is 12.3. The predicted octanol–water partition coefficient (Wildman–Crippen LogP) is 2.83. The molecule has 2 aromatic rings. The molecule has 5 heteroatoms. The van der Waals surface area contributed by atoms with Crippen LogP contribution in [0.3, 0.4) is 0 Å². The zero-order valence-corrected chi connectivity index (χ0v) is 13.0. The summed E-state index contributed by atoms with van der Waals surface area (Å²) in [6.07, 6.45) is 0.0781. The summed E-state index contributed by atoms with van der Waals surface area (Å²) >= 11 is 0. The summed E-state index contributed by atoms with van der Waals surface area (Å²) in [5, 5.41) is 11.8. The van der Waals surface area contributed by atoms with E-state index >= 15 is 0 Å². The second kappa shape index (κ2) is 5.76. The van der Waals surface area contributed by atoms with Crippen LogP contribution in [0.4, 0.5) is 5.69 Å². The van der Waals surface area contributed by atoms with Crippen LogP contribution in [-0.4, -0.2) is 29.2 Å². The van der Waals surface area contributed by atoms with Gasteiger partial charge in [-0.1, -0.05) is 30.3 Å². The van der Waals surface area contributed by atoms with Gasteiger partial charge in [-0.25, -0.2) is 4.79 Å². The fourth-order valence-electron chi connectivity index (χ4n) is 3.46. The van der Waals surface area contributed by atoms with Crippen molar-refractivity contribution >= 4 is 17.6 Å². The number of rotatable bonds is 3. The highest BCUT2D eigenvalue weighted by Gasteiger charge is 2.34. The SMILES string of the molecule is O=C(Nc1ccc2c(c1)Cc1ccccc1-2)[C@@H]1CC[C@H](C(=O)O)O1. The van der Waals surface area contributed by atoms with E-state index in [1.54, 1.807) is 0 Å². The number of carboxylic acids is 1. The van der Waals surface area contributed by atoms with E-state index in [2.05, 4.69) is 17.4 Å². The van der Waals surface area contributed by atoms with Crippen LogP contribution in [0.25, 0.3) is 11.1 Å². The smallest absolute Gasteiger partial charge is 0.332 e. The number of nitrogens with one attached hydrogen (secondary N) is 1. The fourth-order valence-corrected chi connectivity index (χ4v) is 3.46. The van der Waals surface area contributed by atoms with Gasteiger partial charge in [-0.3, -0.25) is 4.79 Å². The number of benzene rings is 2. The van der Waals surface area contributed by atoms with E-state index in [-0.39, 0.29) is 5.91 Å². The molecule has 0 aromatic heterocycles. The Morgan fingerprint density at radius 3 is 2.54 bits per heavy atom. The second-order valence-electron chi connectivity index (χ2n) is 6.22. The van der Waals surface area contributed by atoms with E-state index in [9.17, 15) is 9.59 Å². The van der Waals surface area contributed by atoms with E-state index < -0.39 is 18.2 Å². The number of amides is 1. The Bertz CT molecular complexity index is 830. The van der Waals surface area contributed by atoms with Crippen molar-refractivity contribution in [3.63, 3.8) is 0 Å². The normalized spacial score (nSPS) is 21.2. The monoisotopic (exact) mass is 323 g/mol. The van der Waals surface area contributed by atoms with Crippen molar-refractivity contribution in [2.45, 2.75) is 31.5 Å². The number of ether oxygens (including phenoxy) is 1. The van der Waals surface area contributed by atoms with Crippen LogP contribution in [0.1, 0.15) is 24.0 Å². The first-order valence-corrected chi connectivity index (χ1v) is 8.02. The van der Waals surface area contributed by atoms with Gasteiger partial charge >= 0.3 is 5.97 Å². The molecule has 1 aliphatic heterocycles. The third-order valence-electron chi connectivity index (χ3n) is 4.65. The Morgan fingerprint density at radius 1 is 1.00 bits per heavy atom. The van der Waals surface area contributed by atoms with Crippen LogP contribution >= 0.6 is 0 Å². The van der Waals surface area contributed by atoms with Gasteiger partial charge < -0.3 is 15.2 Å². The molecule has 0 bridgehead atoms. The Morgan fingerprint density at radius 2 is 1.75 bits per heavy atom. The van der Waals surface area contributed by atoms with Gasteiger partial charge in [-0.05, 0) is 53.6 Å². The molecule has 1 aliphatic carbocycles. The lowest BCUT2D eigenvalue weighted by atomic mass is 10.1. The lowest BCUT2D eigenvalue weighted by Crippen LogP contribution is -2.29. The van der Waals surface area contributed by atoms with Gasteiger partial charge in [0.1, 0.15) is 6.10 Å². The van der Waals surface area contributed by atoms with Crippen LogP contribution in [0.15, 0.2) is 42.5 Å². The number of fused-ring (bicyclic) bond motifs is 3. The summed E-state index contributed by atoms with van der Waals surface area (Å²) in [7, 11) is 0. The van der Waals surface area contributed by atoms with E-state index in [0.29, 0.717) is 18.5 Å². The molecule has 1 amide bonds. The minimum atomic E-state index is -1.01. The summed E-state index contributed by atoms with van der Waals surface area (Å²) in [5.41, 5.74) is 5.64. The van der Waals surface area contributed by atoms with E-state index in [1.807, 2.05) is 30.3 Å². The van der Waals surface area contributed by atoms with E-state index in [0.717, 1.165) is 6.42 Å². The number of anilines is 1. The average Bonchev–Trinajstić information content (AvgIpc) is 3.19. The Hall–Kier alpha value is -2.66. The first kappa shape index (κ1) is 14.9. The van der Waals surface area contributed by atoms with Crippen molar-refractivity contribution in [1.29, 1.82) is 0 Å². The molecule has 122 valence electrons. The molecular weight excluding hydrogens is 306 g/mol. The highest BCUT2D eigenvalue weighted by Crippen LogP contribution is 2.37. The number of hydrogen-bond donors (Lipinski definition) is 2. The predicted molar refractivity (Wildman–Crippen MR) is 88.8 cm³/mol. The van der Waals surface area contributed by atoms with Gasteiger partial charge in [-0.2, -0.15) is 0 Å². The first-order valence-electron chi connectivity index (χ1n) is 8.02. The van der Waals surface area contributed by atoms with Gasteiger partial charge in [0.15, 0.2) is 6.10 Å². The average molecular weight is 323 g/mol. The molecule has 0 saturated carbocycles. The lowest BCUT2D eigenvalue weighted by molar-refractivity contribution is -0.150.